The van der Waals surface area contributed by atoms with Gasteiger partial charge in [-0.2, -0.15) is 0 Å². The molecular weight excluding hydrogens is 342 g/mol. The minimum absolute atomic E-state index is 0.0563. The highest BCUT2D eigenvalue weighted by atomic mass is 35.5. The van der Waals surface area contributed by atoms with E-state index in [0.29, 0.717) is 22.1 Å². The second-order valence-electron chi connectivity index (χ2n) is 5.21. The molecular formula is C19H12ClNO4. The van der Waals surface area contributed by atoms with Gasteiger partial charge in [-0.25, -0.2) is 0 Å². The maximum atomic E-state index is 12.1. The van der Waals surface area contributed by atoms with Crippen LogP contribution in [-0.2, 0) is 0 Å². The Kier molecular flexibility index (Phi) is 4.77. The number of non-ortho nitro benzene ring substituents is 1. The average molecular weight is 354 g/mol. The Balaban J connectivity index is 1.72. The first-order valence-corrected chi connectivity index (χ1v) is 7.73. The van der Waals surface area contributed by atoms with Crippen molar-refractivity contribution < 1.29 is 14.1 Å². The van der Waals surface area contributed by atoms with Gasteiger partial charge < -0.3 is 4.42 Å². The third kappa shape index (κ3) is 4.02. The second kappa shape index (κ2) is 7.15. The van der Waals surface area contributed by atoms with Gasteiger partial charge in [0.15, 0.2) is 5.78 Å². The third-order valence-electron chi connectivity index (χ3n) is 3.52. The molecule has 3 rings (SSSR count). The fourth-order valence-electron chi connectivity index (χ4n) is 2.21. The molecule has 0 aliphatic heterocycles. The summed E-state index contributed by atoms with van der Waals surface area (Å²) in [5.41, 5.74) is 1.19. The van der Waals surface area contributed by atoms with Crippen molar-refractivity contribution in [3.63, 3.8) is 0 Å². The summed E-state index contributed by atoms with van der Waals surface area (Å²) in [4.78, 5) is 22.2. The van der Waals surface area contributed by atoms with Crippen molar-refractivity contribution in [1.82, 2.24) is 0 Å². The molecule has 3 aromatic rings. The molecule has 0 unspecified atom stereocenters. The molecule has 0 N–H and O–H groups in total. The van der Waals surface area contributed by atoms with Crippen LogP contribution in [0.5, 0.6) is 0 Å². The maximum absolute atomic E-state index is 12.1. The SMILES string of the molecule is O=C(/C=C/c1ccc(-c2ccc(Cl)cc2)o1)c1ccc([N+](=O)[O-])cc1. The summed E-state index contributed by atoms with van der Waals surface area (Å²) in [5.74, 6) is 0.929. The Morgan fingerprint density at radius 2 is 1.68 bits per heavy atom. The number of benzene rings is 2. The minimum Gasteiger partial charge on any atom is -0.457 e. The molecule has 0 bridgehead atoms. The molecule has 5 nitrogen and oxygen atoms in total. The zero-order chi connectivity index (χ0) is 17.8. The van der Waals surface area contributed by atoms with Gasteiger partial charge in [-0.3, -0.25) is 14.9 Å². The molecule has 0 atom stereocenters. The van der Waals surface area contributed by atoms with E-state index in [1.54, 1.807) is 30.3 Å². The van der Waals surface area contributed by atoms with Crippen molar-refractivity contribution in [2.24, 2.45) is 0 Å². The van der Waals surface area contributed by atoms with E-state index in [0.717, 1.165) is 5.56 Å². The predicted molar refractivity (Wildman–Crippen MR) is 95.6 cm³/mol. The standard InChI is InChI=1S/C19H12ClNO4/c20-15-5-1-14(2-6-15)19-12-10-17(25-19)9-11-18(22)13-3-7-16(8-4-13)21(23)24/h1-12H/b11-9+. The summed E-state index contributed by atoms with van der Waals surface area (Å²) in [6, 6.07) is 16.2. The number of furan rings is 1. The first-order valence-electron chi connectivity index (χ1n) is 7.35. The van der Waals surface area contributed by atoms with Crippen LogP contribution < -0.4 is 0 Å². The fourth-order valence-corrected chi connectivity index (χ4v) is 2.34. The number of carbonyl (C=O) groups is 1. The smallest absolute Gasteiger partial charge is 0.269 e. The van der Waals surface area contributed by atoms with Crippen LogP contribution in [0.2, 0.25) is 5.02 Å². The molecule has 25 heavy (non-hydrogen) atoms. The van der Waals surface area contributed by atoms with Crippen LogP contribution in [0.4, 0.5) is 5.69 Å². The lowest BCUT2D eigenvalue weighted by molar-refractivity contribution is -0.384. The Hall–Kier alpha value is -3.18. The Bertz CT molecular complexity index is 940. The molecule has 1 aromatic heterocycles. The molecule has 0 amide bonds. The summed E-state index contributed by atoms with van der Waals surface area (Å²) in [5, 5.41) is 11.3. The van der Waals surface area contributed by atoms with E-state index in [-0.39, 0.29) is 11.5 Å². The number of hydrogen-bond acceptors (Lipinski definition) is 4. The molecule has 0 fully saturated rings. The number of hydrogen-bond donors (Lipinski definition) is 0. The van der Waals surface area contributed by atoms with Crippen LogP contribution in [0.15, 0.2) is 71.2 Å². The van der Waals surface area contributed by atoms with Crippen LogP contribution in [0.1, 0.15) is 16.1 Å². The summed E-state index contributed by atoms with van der Waals surface area (Å²) in [6.45, 7) is 0. The second-order valence-corrected chi connectivity index (χ2v) is 5.65. The molecule has 0 saturated carbocycles. The zero-order valence-electron chi connectivity index (χ0n) is 12.9. The van der Waals surface area contributed by atoms with Gasteiger partial charge in [-0.05, 0) is 60.7 Å². The monoisotopic (exact) mass is 353 g/mol. The van der Waals surface area contributed by atoms with Crippen LogP contribution in [-0.4, -0.2) is 10.7 Å². The minimum atomic E-state index is -0.509. The van der Waals surface area contributed by atoms with Crippen molar-refractivity contribution in [1.29, 1.82) is 0 Å². The highest BCUT2D eigenvalue weighted by Crippen LogP contribution is 2.24. The Morgan fingerprint density at radius 1 is 1.00 bits per heavy atom. The van der Waals surface area contributed by atoms with E-state index in [2.05, 4.69) is 0 Å². The molecule has 0 aliphatic rings. The average Bonchev–Trinajstić information content (AvgIpc) is 3.09. The van der Waals surface area contributed by atoms with E-state index in [1.165, 1.54) is 30.3 Å². The lowest BCUT2D eigenvalue weighted by Crippen LogP contribution is -1.95. The molecule has 1 heterocycles. The number of rotatable bonds is 5. The molecule has 6 heteroatoms. The molecule has 0 radical (unpaired) electrons. The van der Waals surface area contributed by atoms with Gasteiger partial charge in [0.2, 0.25) is 0 Å². The number of halogens is 1. The molecule has 2 aromatic carbocycles. The largest absolute Gasteiger partial charge is 0.457 e. The lowest BCUT2D eigenvalue weighted by atomic mass is 10.1. The highest BCUT2D eigenvalue weighted by Gasteiger charge is 2.08. The first kappa shape index (κ1) is 16.7. The first-order chi connectivity index (χ1) is 12.0. The van der Waals surface area contributed by atoms with Gasteiger partial charge in [-0.15, -0.1) is 0 Å². The van der Waals surface area contributed by atoms with Crippen LogP contribution in [0, 0.1) is 10.1 Å². The summed E-state index contributed by atoms with van der Waals surface area (Å²) in [6.07, 6.45) is 2.93. The van der Waals surface area contributed by atoms with E-state index in [1.807, 2.05) is 12.1 Å². The van der Waals surface area contributed by atoms with Gasteiger partial charge in [0, 0.05) is 28.3 Å². The van der Waals surface area contributed by atoms with Crippen molar-refractivity contribution in [2.75, 3.05) is 0 Å². The van der Waals surface area contributed by atoms with Gasteiger partial charge in [0.1, 0.15) is 11.5 Å². The Labute approximate surface area is 148 Å². The van der Waals surface area contributed by atoms with E-state index in [9.17, 15) is 14.9 Å². The number of ketones is 1. The van der Waals surface area contributed by atoms with Crippen molar-refractivity contribution >= 4 is 29.1 Å². The molecule has 0 spiro atoms. The number of nitro benzene ring substituents is 1. The highest BCUT2D eigenvalue weighted by molar-refractivity contribution is 6.30. The third-order valence-corrected chi connectivity index (χ3v) is 3.77. The summed E-state index contributed by atoms with van der Waals surface area (Å²) >= 11 is 5.86. The molecule has 124 valence electrons. The summed E-state index contributed by atoms with van der Waals surface area (Å²) in [7, 11) is 0. The van der Waals surface area contributed by atoms with Gasteiger partial charge in [0.05, 0.1) is 4.92 Å². The van der Waals surface area contributed by atoms with Crippen LogP contribution in [0.3, 0.4) is 0 Å². The van der Waals surface area contributed by atoms with Crippen molar-refractivity contribution in [2.45, 2.75) is 0 Å². The van der Waals surface area contributed by atoms with E-state index >= 15 is 0 Å². The quantitative estimate of drug-likeness (QED) is 0.266. The van der Waals surface area contributed by atoms with Crippen molar-refractivity contribution in [3.8, 4) is 11.3 Å². The normalized spacial score (nSPS) is 10.9. The van der Waals surface area contributed by atoms with Gasteiger partial charge in [0.25, 0.3) is 5.69 Å². The molecule has 0 aliphatic carbocycles. The maximum Gasteiger partial charge on any atom is 0.269 e. The topological polar surface area (TPSA) is 73.3 Å². The number of nitro groups is 1. The lowest BCUT2D eigenvalue weighted by Gasteiger charge is -1.97. The fraction of sp³-hybridized carbons (Fsp3) is 0. The van der Waals surface area contributed by atoms with Crippen LogP contribution in [0.25, 0.3) is 17.4 Å². The van der Waals surface area contributed by atoms with Gasteiger partial charge in [-0.1, -0.05) is 11.6 Å². The van der Waals surface area contributed by atoms with Crippen LogP contribution >= 0.6 is 11.6 Å². The number of carbonyl (C=O) groups excluding carboxylic acids is 1. The Morgan fingerprint density at radius 3 is 2.32 bits per heavy atom. The number of nitrogens with zero attached hydrogens (tertiary/aromatic N) is 1. The van der Waals surface area contributed by atoms with E-state index < -0.39 is 4.92 Å². The van der Waals surface area contributed by atoms with E-state index in [4.69, 9.17) is 16.0 Å². The van der Waals surface area contributed by atoms with Crippen molar-refractivity contribution in [3.05, 3.63) is 93.2 Å². The number of allylic oxidation sites excluding steroid dienone is 1. The zero-order valence-corrected chi connectivity index (χ0v) is 13.6. The molecule has 0 saturated heterocycles. The van der Waals surface area contributed by atoms with Gasteiger partial charge >= 0.3 is 0 Å². The predicted octanol–water partition coefficient (Wildman–Crippen LogP) is 5.40. The summed E-state index contributed by atoms with van der Waals surface area (Å²) < 4.78 is 5.67.